The van der Waals surface area contributed by atoms with E-state index in [0.29, 0.717) is 34.4 Å². The van der Waals surface area contributed by atoms with Crippen LogP contribution in [0.1, 0.15) is 19.8 Å². The van der Waals surface area contributed by atoms with Gasteiger partial charge in [0, 0.05) is 17.5 Å². The van der Waals surface area contributed by atoms with Crippen LogP contribution in [0.15, 0.2) is 91.0 Å². The van der Waals surface area contributed by atoms with Crippen molar-refractivity contribution < 1.29 is 22.4 Å². The maximum absolute atomic E-state index is 12.2. The lowest BCUT2D eigenvalue weighted by Crippen LogP contribution is -2.59. The molecule has 38 heavy (non-hydrogen) atoms. The molecule has 9 heteroatoms. The highest BCUT2D eigenvalue weighted by molar-refractivity contribution is 7.85. The fourth-order valence-electron chi connectivity index (χ4n) is 5.44. The van der Waals surface area contributed by atoms with Crippen molar-refractivity contribution in [3.05, 3.63) is 96.0 Å². The van der Waals surface area contributed by atoms with E-state index in [9.17, 15) is 13.0 Å². The van der Waals surface area contributed by atoms with Gasteiger partial charge in [0.2, 0.25) is 0 Å². The predicted molar refractivity (Wildman–Crippen MR) is 149 cm³/mol. The maximum atomic E-state index is 12.2. The van der Waals surface area contributed by atoms with Crippen LogP contribution < -0.4 is 19.3 Å². The number of hydrogen-bond acceptors (Lipinski definition) is 6. The van der Waals surface area contributed by atoms with E-state index < -0.39 is 21.5 Å². The zero-order valence-corrected chi connectivity index (χ0v) is 22.1. The van der Waals surface area contributed by atoms with E-state index in [2.05, 4.69) is 9.80 Å². The second-order valence-corrected chi connectivity index (χ2v) is 11.3. The summed E-state index contributed by atoms with van der Waals surface area (Å²) < 4.78 is 47.0. The van der Waals surface area contributed by atoms with Crippen LogP contribution in [-0.4, -0.2) is 24.4 Å². The molecule has 4 aromatic carbocycles. The normalized spacial score (nSPS) is 15.2. The molecule has 194 valence electrons. The quantitative estimate of drug-likeness (QED) is 0.245. The van der Waals surface area contributed by atoms with Crippen molar-refractivity contribution in [1.29, 1.82) is 0 Å². The third-order valence-electron chi connectivity index (χ3n) is 7.08. The lowest BCUT2D eigenvalue weighted by Gasteiger charge is -2.55. The smallest absolute Gasteiger partial charge is 0.265 e. The molecular weight excluding hydrogens is 524 g/mol. The van der Waals surface area contributed by atoms with Gasteiger partial charge in [-0.15, -0.1) is 0 Å². The molecule has 0 spiro atoms. The van der Waals surface area contributed by atoms with E-state index in [1.165, 1.54) is 0 Å². The van der Waals surface area contributed by atoms with Gasteiger partial charge in [0.1, 0.15) is 5.66 Å². The zero-order chi connectivity index (χ0) is 26.5. The van der Waals surface area contributed by atoms with Crippen LogP contribution in [0.25, 0.3) is 0 Å². The van der Waals surface area contributed by atoms with Gasteiger partial charge >= 0.3 is 0 Å². The van der Waals surface area contributed by atoms with Crippen LogP contribution in [0.5, 0.6) is 23.0 Å². The standard InChI is InChI=1S/C29H25ClN2O5S/c1-2-29(17-18-38(33,34)35,31-21-9-3-6-12-25(21)36-26-13-7-4-10-22(26)31)32-23-11-5-8-14-27(23)37-28-19-20(30)15-16-24(28)32/h3-16,19H,2,17-18H2,1H3,(H,33,34,35). The molecule has 4 aromatic rings. The minimum atomic E-state index is -4.30. The zero-order valence-electron chi connectivity index (χ0n) is 20.5. The van der Waals surface area contributed by atoms with Crippen molar-refractivity contribution in [1.82, 2.24) is 0 Å². The molecular formula is C29H25ClN2O5S. The molecule has 0 saturated heterocycles. The number of halogens is 1. The summed E-state index contributed by atoms with van der Waals surface area (Å²) in [5.74, 6) is 2.00. The first-order valence-electron chi connectivity index (χ1n) is 12.3. The maximum Gasteiger partial charge on any atom is 0.265 e. The van der Waals surface area contributed by atoms with Crippen molar-refractivity contribution >= 4 is 44.5 Å². The monoisotopic (exact) mass is 548 g/mol. The first kappa shape index (κ1) is 24.6. The molecule has 0 saturated carbocycles. The fraction of sp³-hybridized carbons (Fsp3) is 0.172. The summed E-state index contributed by atoms with van der Waals surface area (Å²) in [4.78, 5) is 4.24. The van der Waals surface area contributed by atoms with Gasteiger partial charge in [-0.05, 0) is 55.0 Å². The molecule has 1 unspecified atom stereocenters. The van der Waals surface area contributed by atoms with Gasteiger partial charge in [-0.25, -0.2) is 0 Å². The number of anilines is 4. The average molecular weight is 549 g/mol. The molecule has 0 fully saturated rings. The second kappa shape index (κ2) is 9.23. The topological polar surface area (TPSA) is 79.3 Å². The van der Waals surface area contributed by atoms with E-state index in [1.807, 2.05) is 85.8 Å². The molecule has 0 bridgehead atoms. The Morgan fingerprint density at radius 2 is 1.18 bits per heavy atom. The first-order chi connectivity index (χ1) is 18.3. The highest BCUT2D eigenvalue weighted by Crippen LogP contribution is 2.58. The van der Waals surface area contributed by atoms with E-state index in [1.54, 1.807) is 12.1 Å². The third-order valence-corrected chi connectivity index (χ3v) is 8.04. The van der Waals surface area contributed by atoms with Gasteiger partial charge < -0.3 is 19.3 Å². The molecule has 2 aliphatic heterocycles. The number of rotatable bonds is 6. The van der Waals surface area contributed by atoms with E-state index >= 15 is 0 Å². The van der Waals surface area contributed by atoms with Crippen molar-refractivity contribution in [3.63, 3.8) is 0 Å². The van der Waals surface area contributed by atoms with E-state index in [0.717, 1.165) is 22.7 Å². The molecule has 0 aliphatic carbocycles. The molecule has 0 radical (unpaired) electrons. The summed E-state index contributed by atoms with van der Waals surface area (Å²) in [5, 5.41) is 0.519. The Balaban J connectivity index is 1.68. The van der Waals surface area contributed by atoms with Crippen LogP contribution in [0, 0.1) is 0 Å². The molecule has 0 aromatic heterocycles. The predicted octanol–water partition coefficient (Wildman–Crippen LogP) is 7.91. The van der Waals surface area contributed by atoms with Crippen molar-refractivity contribution in [3.8, 4) is 23.0 Å². The number of hydrogen-bond donors (Lipinski definition) is 1. The molecule has 0 amide bonds. The van der Waals surface area contributed by atoms with Gasteiger partial charge in [-0.3, -0.25) is 4.55 Å². The third kappa shape index (κ3) is 4.05. The van der Waals surface area contributed by atoms with Gasteiger partial charge in [0.15, 0.2) is 23.0 Å². The lowest BCUT2D eigenvalue weighted by atomic mass is 9.92. The Kier molecular flexibility index (Phi) is 5.98. The fourth-order valence-corrected chi connectivity index (χ4v) is 6.19. The largest absolute Gasteiger partial charge is 0.453 e. The molecule has 1 atom stereocenters. The lowest BCUT2D eigenvalue weighted by molar-refractivity contribution is 0.358. The number of nitrogens with zero attached hydrogens (tertiary/aromatic N) is 2. The summed E-state index contributed by atoms with van der Waals surface area (Å²) >= 11 is 6.37. The van der Waals surface area contributed by atoms with Gasteiger partial charge in [-0.2, -0.15) is 8.42 Å². The average Bonchev–Trinajstić information content (AvgIpc) is 2.91. The van der Waals surface area contributed by atoms with Crippen LogP contribution in [0.4, 0.5) is 22.7 Å². The van der Waals surface area contributed by atoms with Crippen LogP contribution in [-0.2, 0) is 10.1 Å². The number of benzene rings is 4. The highest BCUT2D eigenvalue weighted by Gasteiger charge is 2.49. The SMILES string of the molecule is CCC(CCS(=O)(=O)O)(N1c2ccccc2Oc2ccccc21)N1c2ccccc2Oc2cc(Cl)ccc21. The Morgan fingerprint density at radius 1 is 0.737 bits per heavy atom. The van der Waals surface area contributed by atoms with Gasteiger partial charge in [0.25, 0.3) is 10.1 Å². The minimum Gasteiger partial charge on any atom is -0.453 e. The minimum absolute atomic E-state index is 0.0708. The molecule has 6 rings (SSSR count). The summed E-state index contributed by atoms with van der Waals surface area (Å²) in [6.07, 6.45) is 0.545. The summed E-state index contributed by atoms with van der Waals surface area (Å²) in [5.41, 5.74) is 2.03. The Hall–Kier alpha value is -3.72. The summed E-state index contributed by atoms with van der Waals surface area (Å²) in [6.45, 7) is 2.01. The van der Waals surface area contributed by atoms with E-state index in [-0.39, 0.29) is 6.42 Å². The summed E-state index contributed by atoms with van der Waals surface area (Å²) in [7, 11) is -4.30. The molecule has 2 heterocycles. The van der Waals surface area contributed by atoms with Gasteiger partial charge in [-0.1, -0.05) is 54.9 Å². The van der Waals surface area contributed by atoms with Gasteiger partial charge in [0.05, 0.1) is 28.5 Å². The second-order valence-electron chi connectivity index (χ2n) is 9.26. The number of para-hydroxylation sites is 6. The van der Waals surface area contributed by atoms with Crippen molar-refractivity contribution in [2.45, 2.75) is 25.4 Å². The number of ether oxygens (including phenoxy) is 2. The Morgan fingerprint density at radius 3 is 1.66 bits per heavy atom. The highest BCUT2D eigenvalue weighted by atomic mass is 35.5. The van der Waals surface area contributed by atoms with Crippen molar-refractivity contribution in [2.24, 2.45) is 0 Å². The number of fused-ring (bicyclic) bond motifs is 4. The summed E-state index contributed by atoms with van der Waals surface area (Å²) in [6, 6.07) is 28.4. The molecule has 1 N–H and O–H groups in total. The Bertz CT molecular complexity index is 1600. The Labute approximate surface area is 226 Å². The van der Waals surface area contributed by atoms with Crippen LogP contribution >= 0.6 is 11.6 Å². The van der Waals surface area contributed by atoms with Crippen molar-refractivity contribution in [2.75, 3.05) is 15.6 Å². The van der Waals surface area contributed by atoms with Crippen LogP contribution in [0.2, 0.25) is 5.02 Å². The first-order valence-corrected chi connectivity index (χ1v) is 14.3. The van der Waals surface area contributed by atoms with Crippen LogP contribution in [0.3, 0.4) is 0 Å². The molecule has 2 aliphatic rings. The van der Waals surface area contributed by atoms with E-state index in [4.69, 9.17) is 21.1 Å². The molecule has 7 nitrogen and oxygen atoms in total.